The predicted molar refractivity (Wildman–Crippen MR) is 94.2 cm³/mol. The molecule has 0 aliphatic heterocycles. The van der Waals surface area contributed by atoms with Gasteiger partial charge in [-0.1, -0.05) is 53.4 Å². The molecule has 2 aromatic rings. The Morgan fingerprint density at radius 3 is 2.67 bits per heavy atom. The van der Waals surface area contributed by atoms with Gasteiger partial charge in [0.1, 0.15) is 5.25 Å². The number of hydrogen-bond acceptors (Lipinski definition) is 7. The van der Waals surface area contributed by atoms with Gasteiger partial charge in [0.15, 0.2) is 4.34 Å². The molecule has 7 nitrogen and oxygen atoms in total. The van der Waals surface area contributed by atoms with Crippen molar-refractivity contribution < 1.29 is 9.59 Å². The van der Waals surface area contributed by atoms with Crippen molar-refractivity contribution in [2.24, 2.45) is 0 Å². The lowest BCUT2D eigenvalue weighted by Gasteiger charge is -2.14. The summed E-state index contributed by atoms with van der Waals surface area (Å²) in [6, 6.07) is 9.26. The first-order valence-corrected chi connectivity index (χ1v) is 9.19. The highest BCUT2D eigenvalue weighted by atomic mass is 32.2. The number of thioether (sulfide) groups is 1. The molecular weight excluding hydrogens is 346 g/mol. The lowest BCUT2D eigenvalue weighted by atomic mass is 10.1. The van der Waals surface area contributed by atoms with E-state index in [0.29, 0.717) is 10.4 Å². The molecule has 0 spiro atoms. The molecule has 0 saturated heterocycles. The fourth-order valence-corrected chi connectivity index (χ4v) is 3.98. The Hall–Kier alpha value is -2.13. The third kappa shape index (κ3) is 4.45. The zero-order valence-corrected chi connectivity index (χ0v) is 14.6. The van der Waals surface area contributed by atoms with Crippen molar-refractivity contribution in [2.75, 3.05) is 12.4 Å². The van der Waals surface area contributed by atoms with Crippen LogP contribution in [0.4, 0.5) is 9.93 Å². The third-order valence-corrected chi connectivity index (χ3v) is 5.53. The minimum Gasteiger partial charge on any atom is -0.357 e. The Labute approximate surface area is 147 Å². The minimum atomic E-state index is -0.578. The average molecular weight is 363 g/mol. The zero-order valence-electron chi connectivity index (χ0n) is 13.0. The number of nitrogens with one attached hydrogen (secondary N) is 3. The lowest BCUT2D eigenvalue weighted by molar-refractivity contribution is -0.119. The molecule has 1 aromatic heterocycles. The number of carbonyl (C=O) groups excluding carboxylic acids is 2. The van der Waals surface area contributed by atoms with Gasteiger partial charge < -0.3 is 10.6 Å². The Morgan fingerprint density at radius 1 is 1.25 bits per heavy atom. The van der Waals surface area contributed by atoms with Crippen molar-refractivity contribution in [1.82, 2.24) is 20.8 Å². The molecule has 0 radical (unpaired) electrons. The standard InChI is InChI=1S/C15H17N5O2S2/c1-16-13(22)18-12(21)11(9-5-3-2-4-6-9)23-15-20-19-14(24-15)17-10-7-8-10/h2-6,10-11H,7-8H2,1H3,(H,17,19)(H2,16,18,21,22)/t11-/m0/s1. The summed E-state index contributed by atoms with van der Waals surface area (Å²) in [5, 5.41) is 16.4. The molecule has 3 amide bonds. The van der Waals surface area contributed by atoms with Crippen LogP contribution in [0.25, 0.3) is 0 Å². The monoisotopic (exact) mass is 363 g/mol. The summed E-state index contributed by atoms with van der Waals surface area (Å²) in [5.41, 5.74) is 0.802. The quantitative estimate of drug-likeness (QED) is 0.682. The van der Waals surface area contributed by atoms with E-state index in [0.717, 1.165) is 23.5 Å². The van der Waals surface area contributed by atoms with Crippen LogP contribution >= 0.6 is 23.1 Å². The van der Waals surface area contributed by atoms with Gasteiger partial charge in [0.05, 0.1) is 0 Å². The number of benzene rings is 1. The summed E-state index contributed by atoms with van der Waals surface area (Å²) >= 11 is 2.70. The van der Waals surface area contributed by atoms with Crippen LogP contribution in [0.5, 0.6) is 0 Å². The predicted octanol–water partition coefficient (Wildman–Crippen LogP) is 2.40. The number of imide groups is 1. The average Bonchev–Trinajstić information content (AvgIpc) is 3.30. The van der Waals surface area contributed by atoms with Gasteiger partial charge in [-0.2, -0.15) is 0 Å². The number of aromatic nitrogens is 2. The maximum Gasteiger partial charge on any atom is 0.321 e. The summed E-state index contributed by atoms with van der Waals surface area (Å²) in [6.45, 7) is 0. The fraction of sp³-hybridized carbons (Fsp3) is 0.333. The number of anilines is 1. The number of rotatable bonds is 6. The van der Waals surface area contributed by atoms with Gasteiger partial charge in [-0.15, -0.1) is 10.2 Å². The Balaban J connectivity index is 1.74. The van der Waals surface area contributed by atoms with Gasteiger partial charge in [0.25, 0.3) is 0 Å². The van der Waals surface area contributed by atoms with Crippen molar-refractivity contribution in [3.63, 3.8) is 0 Å². The Kier molecular flexibility index (Phi) is 5.31. The summed E-state index contributed by atoms with van der Waals surface area (Å²) < 4.78 is 0.680. The first-order chi connectivity index (χ1) is 11.7. The van der Waals surface area contributed by atoms with Crippen LogP contribution in [-0.2, 0) is 4.79 Å². The van der Waals surface area contributed by atoms with Crippen LogP contribution in [0, 0.1) is 0 Å². The van der Waals surface area contributed by atoms with Crippen molar-refractivity contribution >= 4 is 40.2 Å². The van der Waals surface area contributed by atoms with Crippen LogP contribution in [0.15, 0.2) is 34.7 Å². The van der Waals surface area contributed by atoms with E-state index in [4.69, 9.17) is 0 Å². The molecule has 1 aliphatic rings. The van der Waals surface area contributed by atoms with Gasteiger partial charge in [-0.3, -0.25) is 10.1 Å². The molecule has 0 bridgehead atoms. The second kappa shape index (κ2) is 7.63. The van der Waals surface area contributed by atoms with Crippen LogP contribution in [0.2, 0.25) is 0 Å². The molecule has 1 fully saturated rings. The Morgan fingerprint density at radius 2 is 2.00 bits per heavy atom. The molecule has 1 aromatic carbocycles. The zero-order chi connectivity index (χ0) is 16.9. The van der Waals surface area contributed by atoms with Gasteiger partial charge in [-0.05, 0) is 18.4 Å². The van der Waals surface area contributed by atoms with E-state index in [9.17, 15) is 9.59 Å². The number of hydrogen-bond donors (Lipinski definition) is 3. The summed E-state index contributed by atoms with van der Waals surface area (Å²) in [4.78, 5) is 23.9. The number of amides is 3. The minimum absolute atomic E-state index is 0.391. The molecule has 24 heavy (non-hydrogen) atoms. The highest BCUT2D eigenvalue weighted by molar-refractivity contribution is 8.01. The van der Waals surface area contributed by atoms with Gasteiger partial charge in [0, 0.05) is 13.1 Å². The second-order valence-electron chi connectivity index (χ2n) is 5.27. The Bertz CT molecular complexity index is 718. The normalized spacial score (nSPS) is 14.7. The molecule has 9 heteroatoms. The molecule has 3 N–H and O–H groups in total. The van der Waals surface area contributed by atoms with E-state index in [2.05, 4.69) is 26.1 Å². The first-order valence-electron chi connectivity index (χ1n) is 7.50. The number of carbonyl (C=O) groups is 2. The molecule has 1 heterocycles. The van der Waals surface area contributed by atoms with Gasteiger partial charge >= 0.3 is 6.03 Å². The van der Waals surface area contributed by atoms with Crippen molar-refractivity contribution in [3.05, 3.63) is 35.9 Å². The topological polar surface area (TPSA) is 96.0 Å². The van der Waals surface area contributed by atoms with Crippen LogP contribution in [-0.4, -0.2) is 35.2 Å². The van der Waals surface area contributed by atoms with Crippen LogP contribution in [0.3, 0.4) is 0 Å². The maximum atomic E-state index is 12.5. The first kappa shape index (κ1) is 16.7. The molecule has 1 aliphatic carbocycles. The van der Waals surface area contributed by atoms with E-state index in [1.165, 1.54) is 30.1 Å². The molecule has 0 unspecified atom stereocenters. The van der Waals surface area contributed by atoms with Crippen molar-refractivity contribution in [1.29, 1.82) is 0 Å². The van der Waals surface area contributed by atoms with E-state index in [-0.39, 0.29) is 0 Å². The van der Waals surface area contributed by atoms with E-state index < -0.39 is 17.2 Å². The highest BCUT2D eigenvalue weighted by Gasteiger charge is 2.26. The van der Waals surface area contributed by atoms with E-state index in [1.54, 1.807) is 0 Å². The van der Waals surface area contributed by atoms with E-state index in [1.807, 2.05) is 30.3 Å². The van der Waals surface area contributed by atoms with Gasteiger partial charge in [-0.25, -0.2) is 4.79 Å². The SMILES string of the molecule is CNC(=O)NC(=O)[C@@H](Sc1nnc(NC2CC2)s1)c1ccccc1. The van der Waals surface area contributed by atoms with Gasteiger partial charge in [0.2, 0.25) is 11.0 Å². The smallest absolute Gasteiger partial charge is 0.321 e. The second-order valence-corrected chi connectivity index (χ2v) is 7.60. The van der Waals surface area contributed by atoms with Crippen molar-refractivity contribution in [3.8, 4) is 0 Å². The molecular formula is C15H17N5O2S2. The fourth-order valence-electron chi connectivity index (χ4n) is 1.96. The maximum absolute atomic E-state index is 12.5. The molecule has 1 atom stereocenters. The summed E-state index contributed by atoms with van der Waals surface area (Å²) in [7, 11) is 1.47. The molecule has 126 valence electrons. The lowest BCUT2D eigenvalue weighted by Crippen LogP contribution is -2.39. The molecule has 1 saturated carbocycles. The highest BCUT2D eigenvalue weighted by Crippen LogP contribution is 2.38. The van der Waals surface area contributed by atoms with E-state index >= 15 is 0 Å². The number of urea groups is 1. The number of nitrogens with zero attached hydrogens (tertiary/aromatic N) is 2. The summed E-state index contributed by atoms with van der Waals surface area (Å²) in [6.07, 6.45) is 2.31. The van der Waals surface area contributed by atoms with Crippen molar-refractivity contribution in [2.45, 2.75) is 28.5 Å². The largest absolute Gasteiger partial charge is 0.357 e. The van der Waals surface area contributed by atoms with Crippen LogP contribution < -0.4 is 16.0 Å². The summed E-state index contributed by atoms with van der Waals surface area (Å²) in [5.74, 6) is -0.391. The molecule has 3 rings (SSSR count). The van der Waals surface area contributed by atoms with Crippen LogP contribution in [0.1, 0.15) is 23.7 Å². The third-order valence-electron chi connectivity index (χ3n) is 3.33.